The highest BCUT2D eigenvalue weighted by Gasteiger charge is 2.26. The van der Waals surface area contributed by atoms with Crippen molar-refractivity contribution < 1.29 is 9.63 Å². The summed E-state index contributed by atoms with van der Waals surface area (Å²) in [6.45, 7) is 2.25. The van der Waals surface area contributed by atoms with Crippen LogP contribution in [0.3, 0.4) is 0 Å². The van der Waals surface area contributed by atoms with Gasteiger partial charge in [0.25, 0.3) is 5.89 Å². The maximum atomic E-state index is 9.79. The third-order valence-corrected chi connectivity index (χ3v) is 4.34. The van der Waals surface area contributed by atoms with Crippen LogP contribution < -0.4 is 0 Å². The minimum Gasteiger partial charge on any atom is -0.505 e. The van der Waals surface area contributed by atoms with Gasteiger partial charge in [-0.05, 0) is 43.7 Å². The average Bonchev–Trinajstić information content (AvgIpc) is 2.98. The van der Waals surface area contributed by atoms with E-state index in [0.29, 0.717) is 17.5 Å². The summed E-state index contributed by atoms with van der Waals surface area (Å²) < 4.78 is 5.28. The van der Waals surface area contributed by atoms with Crippen molar-refractivity contribution in [2.45, 2.75) is 51.4 Å². The normalized spacial score (nSPS) is 22.3. The molecule has 112 valence electrons. The lowest BCUT2D eigenvalue weighted by molar-refractivity contribution is 0.296. The third kappa shape index (κ3) is 3.06. The van der Waals surface area contributed by atoms with Crippen LogP contribution in [0.25, 0.3) is 11.6 Å². The lowest BCUT2D eigenvalue weighted by Gasteiger charge is -2.26. The van der Waals surface area contributed by atoms with E-state index < -0.39 is 0 Å². The Balaban J connectivity index is 1.70. The van der Waals surface area contributed by atoms with E-state index in [2.05, 4.69) is 22.0 Å². The molecular formula is C16H21N3O2. The van der Waals surface area contributed by atoms with Crippen LogP contribution in [0.2, 0.25) is 0 Å². The molecule has 1 fully saturated rings. The second kappa shape index (κ2) is 6.24. The molecule has 5 nitrogen and oxygen atoms in total. The molecule has 2 aromatic heterocycles. The summed E-state index contributed by atoms with van der Waals surface area (Å²) in [7, 11) is 0. The van der Waals surface area contributed by atoms with Crippen LogP contribution in [0.1, 0.15) is 57.2 Å². The SMILES string of the molecule is CCCC1CCC(c2noc(-c3ncccc3O)n2)CC1. The van der Waals surface area contributed by atoms with Gasteiger partial charge in [-0.2, -0.15) is 4.98 Å². The fourth-order valence-electron chi connectivity index (χ4n) is 3.18. The van der Waals surface area contributed by atoms with Crippen molar-refractivity contribution in [1.29, 1.82) is 0 Å². The molecule has 21 heavy (non-hydrogen) atoms. The number of pyridine rings is 1. The number of aromatic nitrogens is 3. The van der Waals surface area contributed by atoms with Crippen LogP contribution in [-0.2, 0) is 0 Å². The topological polar surface area (TPSA) is 72.0 Å². The van der Waals surface area contributed by atoms with E-state index in [-0.39, 0.29) is 5.75 Å². The lowest BCUT2D eigenvalue weighted by atomic mass is 9.80. The molecule has 0 aromatic carbocycles. The summed E-state index contributed by atoms with van der Waals surface area (Å²) >= 11 is 0. The van der Waals surface area contributed by atoms with E-state index >= 15 is 0 Å². The molecule has 0 saturated heterocycles. The zero-order valence-electron chi connectivity index (χ0n) is 12.3. The molecule has 1 aliphatic carbocycles. The number of aromatic hydroxyl groups is 1. The van der Waals surface area contributed by atoms with Gasteiger partial charge in [-0.15, -0.1) is 0 Å². The van der Waals surface area contributed by atoms with Gasteiger partial charge in [-0.25, -0.2) is 4.98 Å². The van der Waals surface area contributed by atoms with Crippen LogP contribution in [0.5, 0.6) is 5.75 Å². The molecule has 0 aliphatic heterocycles. The molecule has 0 radical (unpaired) electrons. The Morgan fingerprint density at radius 3 is 2.81 bits per heavy atom. The number of hydrogen-bond donors (Lipinski definition) is 1. The van der Waals surface area contributed by atoms with E-state index in [1.54, 1.807) is 18.3 Å². The number of rotatable bonds is 4. The van der Waals surface area contributed by atoms with Gasteiger partial charge in [0.2, 0.25) is 0 Å². The molecule has 2 aromatic rings. The largest absolute Gasteiger partial charge is 0.505 e. The molecule has 0 atom stereocenters. The summed E-state index contributed by atoms with van der Waals surface area (Å²) in [4.78, 5) is 8.53. The summed E-state index contributed by atoms with van der Waals surface area (Å²) in [5, 5.41) is 13.9. The van der Waals surface area contributed by atoms with E-state index in [0.717, 1.165) is 24.6 Å². The molecule has 0 bridgehead atoms. The average molecular weight is 287 g/mol. The predicted octanol–water partition coefficient (Wildman–Crippen LogP) is 3.91. The summed E-state index contributed by atoms with van der Waals surface area (Å²) in [6.07, 6.45) is 8.94. The van der Waals surface area contributed by atoms with Crippen molar-refractivity contribution in [3.63, 3.8) is 0 Å². The molecule has 1 saturated carbocycles. The van der Waals surface area contributed by atoms with E-state index in [9.17, 15) is 5.11 Å². The van der Waals surface area contributed by atoms with Crippen LogP contribution >= 0.6 is 0 Å². The van der Waals surface area contributed by atoms with Gasteiger partial charge < -0.3 is 9.63 Å². The van der Waals surface area contributed by atoms with E-state index in [1.165, 1.54) is 25.7 Å². The first kappa shape index (κ1) is 14.0. The maximum Gasteiger partial charge on any atom is 0.280 e. The quantitative estimate of drug-likeness (QED) is 0.923. The Hall–Kier alpha value is -1.91. The Morgan fingerprint density at radius 2 is 2.10 bits per heavy atom. The highest BCUT2D eigenvalue weighted by molar-refractivity contribution is 5.55. The zero-order chi connectivity index (χ0) is 14.7. The Bertz CT molecular complexity index is 589. The van der Waals surface area contributed by atoms with Crippen LogP contribution in [0, 0.1) is 5.92 Å². The smallest absolute Gasteiger partial charge is 0.280 e. The Labute approximate surface area is 124 Å². The van der Waals surface area contributed by atoms with Gasteiger partial charge in [0.05, 0.1) is 0 Å². The fraction of sp³-hybridized carbons (Fsp3) is 0.562. The van der Waals surface area contributed by atoms with Gasteiger partial charge >= 0.3 is 0 Å². The first-order valence-corrected chi connectivity index (χ1v) is 7.76. The zero-order valence-corrected chi connectivity index (χ0v) is 12.3. The van der Waals surface area contributed by atoms with Gasteiger partial charge in [0.1, 0.15) is 5.75 Å². The maximum absolute atomic E-state index is 9.79. The summed E-state index contributed by atoms with van der Waals surface area (Å²) in [6, 6.07) is 3.24. The van der Waals surface area contributed by atoms with Crippen molar-refractivity contribution in [2.75, 3.05) is 0 Å². The summed E-state index contributed by atoms with van der Waals surface area (Å²) in [5.74, 6) is 2.36. The van der Waals surface area contributed by atoms with Crippen molar-refractivity contribution in [3.05, 3.63) is 24.2 Å². The van der Waals surface area contributed by atoms with Crippen molar-refractivity contribution in [1.82, 2.24) is 15.1 Å². The number of hydrogen-bond acceptors (Lipinski definition) is 5. The van der Waals surface area contributed by atoms with Crippen molar-refractivity contribution in [2.24, 2.45) is 5.92 Å². The first-order valence-electron chi connectivity index (χ1n) is 7.76. The van der Waals surface area contributed by atoms with Crippen LogP contribution in [0.4, 0.5) is 0 Å². The van der Waals surface area contributed by atoms with Gasteiger partial charge in [0.15, 0.2) is 11.5 Å². The minimum atomic E-state index is 0.0688. The molecular weight excluding hydrogens is 266 g/mol. The summed E-state index contributed by atoms with van der Waals surface area (Å²) in [5.41, 5.74) is 0.357. The van der Waals surface area contributed by atoms with Gasteiger partial charge in [-0.1, -0.05) is 24.9 Å². The molecule has 5 heteroatoms. The molecule has 2 heterocycles. The minimum absolute atomic E-state index is 0.0688. The van der Waals surface area contributed by atoms with E-state index in [1.807, 2.05) is 0 Å². The standard InChI is InChI=1S/C16H21N3O2/c1-2-4-11-6-8-12(9-7-11)15-18-16(21-19-15)14-13(20)5-3-10-17-14/h3,5,10-12,20H,2,4,6-9H2,1H3. The molecule has 0 spiro atoms. The highest BCUT2D eigenvalue weighted by atomic mass is 16.5. The highest BCUT2D eigenvalue weighted by Crippen LogP contribution is 2.37. The van der Waals surface area contributed by atoms with Crippen molar-refractivity contribution >= 4 is 0 Å². The monoisotopic (exact) mass is 287 g/mol. The molecule has 0 unspecified atom stereocenters. The van der Waals surface area contributed by atoms with Gasteiger partial charge in [-0.3, -0.25) is 0 Å². The second-order valence-corrected chi connectivity index (χ2v) is 5.84. The molecule has 3 rings (SSSR count). The van der Waals surface area contributed by atoms with E-state index in [4.69, 9.17) is 4.52 Å². The van der Waals surface area contributed by atoms with Crippen LogP contribution in [-0.4, -0.2) is 20.2 Å². The first-order chi connectivity index (χ1) is 10.3. The third-order valence-electron chi connectivity index (χ3n) is 4.34. The lowest BCUT2D eigenvalue weighted by Crippen LogP contribution is -2.14. The molecule has 0 amide bonds. The molecule has 1 N–H and O–H groups in total. The number of nitrogens with zero attached hydrogens (tertiary/aromatic N) is 3. The van der Waals surface area contributed by atoms with Crippen LogP contribution in [0.15, 0.2) is 22.9 Å². The van der Waals surface area contributed by atoms with Gasteiger partial charge in [0, 0.05) is 12.1 Å². The fourth-order valence-corrected chi connectivity index (χ4v) is 3.18. The second-order valence-electron chi connectivity index (χ2n) is 5.84. The Kier molecular flexibility index (Phi) is 4.18. The predicted molar refractivity (Wildman–Crippen MR) is 78.8 cm³/mol. The molecule has 1 aliphatic rings. The Morgan fingerprint density at radius 1 is 1.29 bits per heavy atom. The van der Waals surface area contributed by atoms with Crippen molar-refractivity contribution in [3.8, 4) is 17.3 Å².